The molecule has 0 saturated heterocycles. The van der Waals surface area contributed by atoms with Gasteiger partial charge in [0.2, 0.25) is 0 Å². The Bertz CT molecular complexity index is 1260. The highest BCUT2D eigenvalue weighted by molar-refractivity contribution is 6.00. The van der Waals surface area contributed by atoms with Crippen molar-refractivity contribution in [1.29, 1.82) is 0 Å². The van der Waals surface area contributed by atoms with E-state index in [1.165, 1.54) is 13.2 Å². The van der Waals surface area contributed by atoms with Gasteiger partial charge in [0.15, 0.2) is 11.6 Å². The second kappa shape index (κ2) is 9.05. The summed E-state index contributed by atoms with van der Waals surface area (Å²) in [6.07, 6.45) is 6.37. The van der Waals surface area contributed by atoms with E-state index in [2.05, 4.69) is 25.8 Å². The number of methoxy groups -OCH3 is 1. The number of ether oxygens (including phenoxy) is 1. The molecule has 35 heavy (non-hydrogen) atoms. The van der Waals surface area contributed by atoms with Crippen LogP contribution in [0, 0.1) is 23.0 Å². The molecule has 2 aliphatic rings. The summed E-state index contributed by atoms with van der Waals surface area (Å²) in [4.78, 5) is 28.8. The van der Waals surface area contributed by atoms with Gasteiger partial charge in [0, 0.05) is 23.4 Å². The molecule has 0 aliphatic heterocycles. The zero-order valence-electron chi connectivity index (χ0n) is 18.9. The molecule has 2 aromatic heterocycles. The molecule has 1 spiro atoms. The average molecular weight is 483 g/mol. The maximum absolute atomic E-state index is 13.3. The Morgan fingerprint density at radius 1 is 1.09 bits per heavy atom. The number of benzene rings is 1. The van der Waals surface area contributed by atoms with Crippen LogP contribution < -0.4 is 10.6 Å². The molecule has 5 rings (SSSR count). The van der Waals surface area contributed by atoms with Crippen LogP contribution in [0.5, 0.6) is 0 Å². The van der Waals surface area contributed by atoms with Crippen LogP contribution in [0.1, 0.15) is 54.4 Å². The van der Waals surface area contributed by atoms with Crippen molar-refractivity contribution >= 4 is 29.3 Å². The first-order valence-electron chi connectivity index (χ1n) is 11.3. The standard InChI is InChI=1S/C24H23F2N5O4/c1-34-22(33)16-11-24(16)8-6-13(7-9-24)19-5-3-15(12-27-19)28-20(32)21-30-31-23(35-21)29-14-2-4-17(25)18(26)10-14/h2-5,10,12-13,16H,6-9,11H2,1H3,(H,28,32)(H,29,31)/t13?,16-,24?/m1/s1. The third kappa shape index (κ3) is 4.71. The zero-order chi connectivity index (χ0) is 24.6. The molecule has 2 aliphatic carbocycles. The Morgan fingerprint density at radius 2 is 1.86 bits per heavy atom. The number of anilines is 3. The molecule has 0 unspecified atom stereocenters. The molecule has 1 atom stereocenters. The van der Waals surface area contributed by atoms with E-state index in [1.807, 2.05) is 6.07 Å². The Hall–Kier alpha value is -3.89. The third-order valence-corrected chi connectivity index (χ3v) is 6.91. The molecule has 9 nitrogen and oxygen atoms in total. The van der Waals surface area contributed by atoms with Crippen LogP contribution in [0.25, 0.3) is 0 Å². The van der Waals surface area contributed by atoms with E-state index in [0.717, 1.165) is 49.9 Å². The first kappa shape index (κ1) is 22.9. The quantitative estimate of drug-likeness (QED) is 0.489. The van der Waals surface area contributed by atoms with E-state index < -0.39 is 17.5 Å². The molecule has 2 heterocycles. The van der Waals surface area contributed by atoms with Crippen molar-refractivity contribution in [2.45, 2.75) is 38.0 Å². The number of rotatable bonds is 6. The normalized spacial score (nSPS) is 23.1. The first-order chi connectivity index (χ1) is 16.9. The highest BCUT2D eigenvalue weighted by Gasteiger charge is 2.59. The highest BCUT2D eigenvalue weighted by Crippen LogP contribution is 2.63. The number of hydrogen-bond donors (Lipinski definition) is 2. The maximum atomic E-state index is 13.3. The van der Waals surface area contributed by atoms with Crippen molar-refractivity contribution in [3.8, 4) is 0 Å². The van der Waals surface area contributed by atoms with E-state index in [0.29, 0.717) is 11.6 Å². The molecule has 2 N–H and O–H groups in total. The molecule has 182 valence electrons. The van der Waals surface area contributed by atoms with Gasteiger partial charge >= 0.3 is 23.8 Å². The molecule has 1 aromatic carbocycles. The van der Waals surface area contributed by atoms with Crippen molar-refractivity contribution in [1.82, 2.24) is 15.2 Å². The fraction of sp³-hybridized carbons (Fsp3) is 0.375. The SMILES string of the molecule is COC(=O)[C@H]1CC12CCC(c1ccc(NC(=O)c3nnc(Nc4ccc(F)c(F)c4)o3)cn1)CC2. The van der Waals surface area contributed by atoms with Crippen LogP contribution in [0.2, 0.25) is 0 Å². The summed E-state index contributed by atoms with van der Waals surface area (Å²) in [7, 11) is 1.44. The molecule has 1 amide bonds. The van der Waals surface area contributed by atoms with Crippen LogP contribution in [-0.4, -0.2) is 34.2 Å². The average Bonchev–Trinajstić information content (AvgIpc) is 3.35. The van der Waals surface area contributed by atoms with E-state index in [9.17, 15) is 18.4 Å². The summed E-state index contributed by atoms with van der Waals surface area (Å²) in [5.41, 5.74) is 1.71. The van der Waals surface area contributed by atoms with Gasteiger partial charge in [-0.25, -0.2) is 8.78 Å². The minimum Gasteiger partial charge on any atom is -0.469 e. The van der Waals surface area contributed by atoms with Crippen LogP contribution >= 0.6 is 0 Å². The highest BCUT2D eigenvalue weighted by atomic mass is 19.2. The summed E-state index contributed by atoms with van der Waals surface area (Å²) in [6.45, 7) is 0. The van der Waals surface area contributed by atoms with Gasteiger partial charge in [-0.3, -0.25) is 14.6 Å². The smallest absolute Gasteiger partial charge is 0.320 e. The van der Waals surface area contributed by atoms with Crippen molar-refractivity contribution in [3.63, 3.8) is 0 Å². The Labute approximate surface area is 199 Å². The van der Waals surface area contributed by atoms with Crippen LogP contribution in [-0.2, 0) is 9.53 Å². The summed E-state index contributed by atoms with van der Waals surface area (Å²) in [5.74, 6) is -2.71. The lowest BCUT2D eigenvalue weighted by atomic mass is 9.77. The summed E-state index contributed by atoms with van der Waals surface area (Å²) < 4.78 is 36.5. The molecule has 0 bridgehead atoms. The monoisotopic (exact) mass is 483 g/mol. The first-order valence-corrected chi connectivity index (χ1v) is 11.3. The predicted molar refractivity (Wildman–Crippen MR) is 120 cm³/mol. The Kier molecular flexibility index (Phi) is 5.91. The van der Waals surface area contributed by atoms with Gasteiger partial charge < -0.3 is 19.8 Å². The Morgan fingerprint density at radius 3 is 2.54 bits per heavy atom. The predicted octanol–water partition coefficient (Wildman–Crippen LogP) is 4.58. The molecule has 0 radical (unpaired) electrons. The van der Waals surface area contributed by atoms with Crippen LogP contribution in [0.3, 0.4) is 0 Å². The maximum Gasteiger partial charge on any atom is 0.320 e. The van der Waals surface area contributed by atoms with Gasteiger partial charge in [0.25, 0.3) is 0 Å². The van der Waals surface area contributed by atoms with Crippen molar-refractivity contribution in [2.24, 2.45) is 11.3 Å². The summed E-state index contributed by atoms with van der Waals surface area (Å²) >= 11 is 0. The van der Waals surface area contributed by atoms with E-state index in [4.69, 9.17) is 9.15 Å². The van der Waals surface area contributed by atoms with Gasteiger partial charge in [-0.15, -0.1) is 5.10 Å². The summed E-state index contributed by atoms with van der Waals surface area (Å²) in [6, 6.07) is 6.68. The fourth-order valence-electron chi connectivity index (χ4n) is 4.83. The van der Waals surface area contributed by atoms with Crippen LogP contribution in [0.4, 0.5) is 26.2 Å². The van der Waals surface area contributed by atoms with Crippen molar-refractivity contribution in [3.05, 3.63) is 59.7 Å². The van der Waals surface area contributed by atoms with Gasteiger partial charge in [0.1, 0.15) is 0 Å². The number of nitrogens with zero attached hydrogens (tertiary/aromatic N) is 3. The number of amides is 1. The second-order valence-electron chi connectivity index (χ2n) is 9.01. The number of esters is 1. The van der Waals surface area contributed by atoms with E-state index in [1.54, 1.807) is 12.3 Å². The lowest BCUT2D eigenvalue weighted by molar-refractivity contribution is -0.143. The molecule has 3 aromatic rings. The number of nitrogens with one attached hydrogen (secondary N) is 2. The van der Waals surface area contributed by atoms with E-state index >= 15 is 0 Å². The van der Waals surface area contributed by atoms with Crippen LogP contribution in [0.15, 0.2) is 40.9 Å². The fourth-order valence-corrected chi connectivity index (χ4v) is 4.83. The number of carbonyl (C=O) groups excluding carboxylic acids is 2. The molecule has 11 heteroatoms. The number of pyridine rings is 1. The lowest BCUT2D eigenvalue weighted by Crippen LogP contribution is -2.20. The lowest BCUT2D eigenvalue weighted by Gasteiger charge is -2.28. The third-order valence-electron chi connectivity index (χ3n) is 6.91. The number of halogens is 2. The van der Waals surface area contributed by atoms with Crippen molar-refractivity contribution < 1.29 is 27.5 Å². The van der Waals surface area contributed by atoms with Gasteiger partial charge in [0.05, 0.1) is 24.9 Å². The number of aromatic nitrogens is 3. The van der Waals surface area contributed by atoms with E-state index in [-0.39, 0.29) is 34.9 Å². The minimum atomic E-state index is -1.03. The topological polar surface area (TPSA) is 119 Å². The Balaban J connectivity index is 1.15. The van der Waals surface area contributed by atoms with Gasteiger partial charge in [-0.05, 0) is 61.8 Å². The van der Waals surface area contributed by atoms with Gasteiger partial charge in [-0.1, -0.05) is 5.10 Å². The summed E-state index contributed by atoms with van der Waals surface area (Å²) in [5, 5.41) is 12.6. The molecule has 2 saturated carbocycles. The van der Waals surface area contributed by atoms with Gasteiger partial charge in [-0.2, -0.15) is 0 Å². The number of hydrogen-bond acceptors (Lipinski definition) is 8. The second-order valence-corrected chi connectivity index (χ2v) is 9.01. The molecule has 2 fully saturated rings. The zero-order valence-corrected chi connectivity index (χ0v) is 18.9. The molecular formula is C24H23F2N5O4. The minimum absolute atomic E-state index is 0.0382. The van der Waals surface area contributed by atoms with Crippen molar-refractivity contribution in [2.75, 3.05) is 17.7 Å². The number of carbonyl (C=O) groups is 2. The molecular weight excluding hydrogens is 460 g/mol. The largest absolute Gasteiger partial charge is 0.469 e.